The Morgan fingerprint density at radius 2 is 0.895 bits per heavy atom. The van der Waals surface area contributed by atoms with E-state index < -0.39 is 7.25 Å². The second-order valence-electron chi connectivity index (χ2n) is 5.35. The van der Waals surface area contributed by atoms with Crippen LogP contribution >= 0.6 is 0 Å². The lowest BCUT2D eigenvalue weighted by Crippen LogP contribution is -2.46. The molecule has 118 valence electrons. The van der Waals surface area contributed by atoms with Crippen molar-refractivity contribution in [2.45, 2.75) is 59.3 Å². The fourth-order valence-corrected chi connectivity index (χ4v) is 1.95. The van der Waals surface area contributed by atoms with Gasteiger partial charge in [0.05, 0.1) is 26.7 Å². The van der Waals surface area contributed by atoms with E-state index in [0.29, 0.717) is 0 Å². The van der Waals surface area contributed by atoms with E-state index in [1.807, 2.05) is 0 Å². The largest absolute Gasteiger partial charge is 0.673 e. The minimum atomic E-state index is -6.00. The molecule has 0 aromatic heterocycles. The molecule has 0 aromatic rings. The van der Waals surface area contributed by atoms with Gasteiger partial charge in [-0.1, -0.05) is 40.0 Å². The maximum atomic E-state index is 9.75. The highest BCUT2D eigenvalue weighted by Gasteiger charge is 2.20. The highest BCUT2D eigenvalue weighted by molar-refractivity contribution is 6.50. The molecule has 1 nitrogen and oxygen atoms in total. The van der Waals surface area contributed by atoms with Gasteiger partial charge in [0.1, 0.15) is 0 Å². The van der Waals surface area contributed by atoms with Gasteiger partial charge in [-0.05, 0) is 19.3 Å². The van der Waals surface area contributed by atoms with Crippen molar-refractivity contribution >= 4 is 7.25 Å². The van der Waals surface area contributed by atoms with E-state index in [0.717, 1.165) is 0 Å². The van der Waals surface area contributed by atoms with E-state index in [2.05, 4.69) is 27.8 Å². The van der Waals surface area contributed by atoms with E-state index in [-0.39, 0.29) is 0 Å². The van der Waals surface area contributed by atoms with E-state index in [1.165, 1.54) is 62.6 Å². The summed E-state index contributed by atoms with van der Waals surface area (Å²) in [6, 6.07) is 0. The molecule has 6 heteroatoms. The highest BCUT2D eigenvalue weighted by atomic mass is 19.5. The number of hydrogen-bond acceptors (Lipinski definition) is 0. The Kier molecular flexibility index (Phi) is 12.8. The molecule has 19 heavy (non-hydrogen) atoms. The Balaban J connectivity index is 0. The number of unbranched alkanes of at least 4 members (excludes halogenated alkanes) is 3. The molecule has 0 aliphatic rings. The summed E-state index contributed by atoms with van der Waals surface area (Å²) in [4.78, 5) is 0. The molecular formula is C13H30BF4N. The molecule has 0 radical (unpaired) electrons. The molecule has 0 heterocycles. The third-order valence-corrected chi connectivity index (χ3v) is 3.15. The Morgan fingerprint density at radius 1 is 0.684 bits per heavy atom. The van der Waals surface area contributed by atoms with Crippen molar-refractivity contribution in [2.24, 2.45) is 0 Å². The molecule has 0 amide bonds. The zero-order valence-electron chi connectivity index (χ0n) is 12.9. The average Bonchev–Trinajstić information content (AvgIpc) is 2.30. The number of nitrogens with zero attached hydrogens (tertiary/aromatic N) is 1. The Morgan fingerprint density at radius 3 is 1.05 bits per heavy atom. The first-order valence-corrected chi connectivity index (χ1v) is 7.39. The molecule has 0 atom stereocenters. The van der Waals surface area contributed by atoms with Gasteiger partial charge in [0.25, 0.3) is 0 Å². The van der Waals surface area contributed by atoms with Crippen molar-refractivity contribution in [3.8, 4) is 0 Å². The van der Waals surface area contributed by atoms with Gasteiger partial charge in [0.15, 0.2) is 0 Å². The van der Waals surface area contributed by atoms with Crippen LogP contribution in [0, 0.1) is 0 Å². The first-order valence-electron chi connectivity index (χ1n) is 7.39. The second kappa shape index (κ2) is 11.6. The third kappa shape index (κ3) is 20.2. The van der Waals surface area contributed by atoms with Crippen LogP contribution < -0.4 is 0 Å². The summed E-state index contributed by atoms with van der Waals surface area (Å²) in [5, 5.41) is 0. The predicted molar refractivity (Wildman–Crippen MR) is 75.7 cm³/mol. The molecule has 0 aromatic carbocycles. The molecule has 0 rings (SSSR count). The molecule has 0 N–H and O–H groups in total. The summed E-state index contributed by atoms with van der Waals surface area (Å²) >= 11 is 0. The normalized spacial score (nSPS) is 12.0. The lowest BCUT2D eigenvalue weighted by Gasteiger charge is -2.34. The molecule has 0 unspecified atom stereocenters. The van der Waals surface area contributed by atoms with Crippen LogP contribution in [0.1, 0.15) is 59.3 Å². The van der Waals surface area contributed by atoms with Gasteiger partial charge in [-0.25, -0.2) is 0 Å². The summed E-state index contributed by atoms with van der Waals surface area (Å²) in [5.41, 5.74) is 0. The number of rotatable bonds is 9. The van der Waals surface area contributed by atoms with Crippen LogP contribution in [0.2, 0.25) is 0 Å². The molecule has 0 bridgehead atoms. The van der Waals surface area contributed by atoms with Crippen molar-refractivity contribution < 1.29 is 21.7 Å². The van der Waals surface area contributed by atoms with Crippen molar-refractivity contribution in [2.75, 3.05) is 26.7 Å². The van der Waals surface area contributed by atoms with E-state index >= 15 is 0 Å². The lowest BCUT2D eigenvalue weighted by molar-refractivity contribution is -0.910. The molecule has 0 spiro atoms. The maximum absolute atomic E-state index is 9.75. The van der Waals surface area contributed by atoms with E-state index in [1.54, 1.807) is 0 Å². The first kappa shape index (κ1) is 21.1. The smallest absolute Gasteiger partial charge is 0.418 e. The number of quaternary nitrogens is 1. The van der Waals surface area contributed by atoms with Gasteiger partial charge in [0, 0.05) is 0 Å². The molecule has 0 aliphatic heterocycles. The van der Waals surface area contributed by atoms with Gasteiger partial charge < -0.3 is 21.7 Å². The molecule has 0 saturated heterocycles. The molecule has 0 saturated carbocycles. The van der Waals surface area contributed by atoms with E-state index in [4.69, 9.17) is 0 Å². The van der Waals surface area contributed by atoms with Gasteiger partial charge in [-0.2, -0.15) is 0 Å². The SMILES string of the molecule is CCCC[N+](C)(CCCC)CCCC.F[B-](F)(F)F. The Hall–Kier alpha value is -0.255. The van der Waals surface area contributed by atoms with Crippen LogP contribution in [0.5, 0.6) is 0 Å². The van der Waals surface area contributed by atoms with Crippen LogP contribution in [0.3, 0.4) is 0 Å². The predicted octanol–water partition coefficient (Wildman–Crippen LogP) is 5.13. The summed E-state index contributed by atoms with van der Waals surface area (Å²) in [5.74, 6) is 0. The summed E-state index contributed by atoms with van der Waals surface area (Å²) < 4.78 is 40.3. The van der Waals surface area contributed by atoms with Crippen molar-refractivity contribution in [3.63, 3.8) is 0 Å². The van der Waals surface area contributed by atoms with Crippen LogP contribution in [-0.4, -0.2) is 38.4 Å². The van der Waals surface area contributed by atoms with Crippen LogP contribution in [0.25, 0.3) is 0 Å². The van der Waals surface area contributed by atoms with Gasteiger partial charge >= 0.3 is 7.25 Å². The number of halogens is 4. The lowest BCUT2D eigenvalue weighted by atomic mass is 10.2. The standard InChI is InChI=1S/C13H30N.BF4/c1-5-8-11-14(4,12-9-6-2)13-10-7-3;2-1(3,4)5/h5-13H2,1-4H3;/q+1;-1. The fraction of sp³-hybridized carbons (Fsp3) is 1.00. The minimum absolute atomic E-state index is 1.32. The molecular weight excluding hydrogens is 257 g/mol. The van der Waals surface area contributed by atoms with Crippen LogP contribution in [0.15, 0.2) is 0 Å². The fourth-order valence-electron chi connectivity index (χ4n) is 1.95. The van der Waals surface area contributed by atoms with Crippen LogP contribution in [-0.2, 0) is 0 Å². The Labute approximate surface area is 116 Å². The minimum Gasteiger partial charge on any atom is -0.418 e. The average molecular weight is 287 g/mol. The van der Waals surface area contributed by atoms with Gasteiger partial charge in [-0.3, -0.25) is 0 Å². The van der Waals surface area contributed by atoms with Crippen molar-refractivity contribution in [3.05, 3.63) is 0 Å². The summed E-state index contributed by atoms with van der Waals surface area (Å²) in [6.45, 7) is 11.0. The quantitative estimate of drug-likeness (QED) is 0.313. The second-order valence-corrected chi connectivity index (χ2v) is 5.35. The van der Waals surface area contributed by atoms with Crippen LogP contribution in [0.4, 0.5) is 17.3 Å². The zero-order chi connectivity index (χ0) is 15.4. The highest BCUT2D eigenvalue weighted by Crippen LogP contribution is 2.10. The maximum Gasteiger partial charge on any atom is 0.673 e. The first-order chi connectivity index (χ1) is 8.68. The summed E-state index contributed by atoms with van der Waals surface area (Å²) in [6.07, 6.45) is 8.20. The van der Waals surface area contributed by atoms with E-state index in [9.17, 15) is 17.3 Å². The number of hydrogen-bond donors (Lipinski definition) is 0. The topological polar surface area (TPSA) is 0 Å². The molecule has 0 aliphatic carbocycles. The zero-order valence-corrected chi connectivity index (χ0v) is 12.9. The van der Waals surface area contributed by atoms with Crippen molar-refractivity contribution in [1.29, 1.82) is 0 Å². The summed E-state index contributed by atoms with van der Waals surface area (Å²) in [7, 11) is -3.55. The monoisotopic (exact) mass is 287 g/mol. The molecule has 0 fully saturated rings. The van der Waals surface area contributed by atoms with Crippen molar-refractivity contribution in [1.82, 2.24) is 0 Å². The Bertz CT molecular complexity index is 170. The third-order valence-electron chi connectivity index (χ3n) is 3.15. The van der Waals surface area contributed by atoms with Gasteiger partial charge in [-0.15, -0.1) is 0 Å². The van der Waals surface area contributed by atoms with Gasteiger partial charge in [0.2, 0.25) is 0 Å².